The highest BCUT2D eigenvalue weighted by atomic mass is 32.2. The normalized spacial score (nSPS) is 11.4. The van der Waals surface area contributed by atoms with Crippen molar-refractivity contribution in [1.82, 2.24) is 4.98 Å². The Morgan fingerprint density at radius 1 is 0.895 bits per heavy atom. The molecule has 1 heterocycles. The molecule has 0 spiro atoms. The van der Waals surface area contributed by atoms with Crippen LogP contribution in [0.15, 0.2) is 65.6 Å². The predicted molar refractivity (Wildman–Crippen MR) is 150 cm³/mol. The Balaban J connectivity index is 1.83. The highest BCUT2D eigenvalue weighted by molar-refractivity contribution is 7.90. The van der Waals surface area contributed by atoms with E-state index in [-0.39, 0.29) is 17.3 Å². The van der Waals surface area contributed by atoms with Crippen molar-refractivity contribution in [3.8, 4) is 17.2 Å². The highest BCUT2D eigenvalue weighted by Gasteiger charge is 2.26. The zero-order chi connectivity index (χ0) is 27.3. The van der Waals surface area contributed by atoms with Crippen LogP contribution in [0.4, 0.5) is 5.13 Å². The number of aromatic nitrogens is 1. The molecule has 0 atom stereocenters. The van der Waals surface area contributed by atoms with Gasteiger partial charge < -0.3 is 14.2 Å². The van der Waals surface area contributed by atoms with Gasteiger partial charge in [0, 0.05) is 11.8 Å². The molecule has 0 saturated heterocycles. The Labute approximate surface area is 226 Å². The molecule has 38 heavy (non-hydrogen) atoms. The van der Waals surface area contributed by atoms with Crippen LogP contribution in [-0.4, -0.2) is 45.4 Å². The molecular weight excluding hydrogens is 524 g/mol. The summed E-state index contributed by atoms with van der Waals surface area (Å²) in [5.41, 5.74) is 1.88. The first kappa shape index (κ1) is 27.4. The molecule has 1 aromatic heterocycles. The van der Waals surface area contributed by atoms with E-state index in [9.17, 15) is 13.2 Å². The minimum absolute atomic E-state index is 0.204. The number of benzene rings is 3. The van der Waals surface area contributed by atoms with Gasteiger partial charge in [-0.2, -0.15) is 0 Å². The topological polar surface area (TPSA) is 95.0 Å². The minimum atomic E-state index is -3.38. The maximum Gasteiger partial charge on any atom is 0.260 e. The fourth-order valence-corrected chi connectivity index (χ4v) is 5.62. The number of thiazole rings is 1. The van der Waals surface area contributed by atoms with E-state index in [2.05, 4.69) is 4.98 Å². The third kappa shape index (κ3) is 6.08. The van der Waals surface area contributed by atoms with Crippen LogP contribution in [0.1, 0.15) is 36.7 Å². The van der Waals surface area contributed by atoms with Gasteiger partial charge in [0.1, 0.15) is 0 Å². The largest absolute Gasteiger partial charge is 0.490 e. The predicted octanol–water partition coefficient (Wildman–Crippen LogP) is 5.74. The Kier molecular flexibility index (Phi) is 8.53. The van der Waals surface area contributed by atoms with Crippen LogP contribution < -0.4 is 19.1 Å². The highest BCUT2D eigenvalue weighted by Crippen LogP contribution is 2.40. The lowest BCUT2D eigenvalue weighted by Crippen LogP contribution is -2.30. The molecule has 10 heteroatoms. The average molecular weight is 555 g/mol. The molecule has 3 aromatic carbocycles. The molecule has 0 bridgehead atoms. The quantitative estimate of drug-likeness (QED) is 0.233. The number of anilines is 1. The van der Waals surface area contributed by atoms with E-state index >= 15 is 0 Å². The number of hydrogen-bond donors (Lipinski definition) is 0. The van der Waals surface area contributed by atoms with Crippen molar-refractivity contribution in [2.45, 2.75) is 32.2 Å². The SMILES string of the molecule is CCOc1cc(C(=O)N(Cc2ccccc2)c2nc3ccc(S(C)(=O)=O)cc3s2)cc(OCC)c1OCC. The molecule has 4 rings (SSSR count). The lowest BCUT2D eigenvalue weighted by atomic mass is 10.1. The van der Waals surface area contributed by atoms with Crippen molar-refractivity contribution in [3.63, 3.8) is 0 Å². The fraction of sp³-hybridized carbons (Fsp3) is 0.286. The zero-order valence-corrected chi connectivity index (χ0v) is 23.4. The summed E-state index contributed by atoms with van der Waals surface area (Å²) in [6, 6.07) is 17.7. The van der Waals surface area contributed by atoms with Crippen molar-refractivity contribution < 1.29 is 27.4 Å². The van der Waals surface area contributed by atoms with Gasteiger partial charge in [0.2, 0.25) is 5.75 Å². The number of ether oxygens (including phenoxy) is 3. The Morgan fingerprint density at radius 3 is 2.11 bits per heavy atom. The summed E-state index contributed by atoms with van der Waals surface area (Å²) in [7, 11) is -3.38. The van der Waals surface area contributed by atoms with E-state index in [1.54, 1.807) is 29.2 Å². The molecule has 0 aliphatic rings. The summed E-state index contributed by atoms with van der Waals surface area (Å²) in [4.78, 5) is 20.6. The molecule has 0 aliphatic heterocycles. The minimum Gasteiger partial charge on any atom is -0.490 e. The van der Waals surface area contributed by atoms with Crippen LogP contribution >= 0.6 is 11.3 Å². The summed E-state index contributed by atoms with van der Waals surface area (Å²) < 4.78 is 42.3. The standard InChI is InChI=1S/C28H30N2O6S2/c1-5-34-23-15-20(16-24(35-6-2)26(23)36-7-3)27(31)30(18-19-11-9-8-10-12-19)28-29-22-14-13-21(38(4,32)33)17-25(22)37-28/h8-17H,5-7,18H2,1-4H3. The first-order valence-electron chi connectivity index (χ1n) is 12.3. The zero-order valence-electron chi connectivity index (χ0n) is 21.8. The number of carbonyl (C=O) groups excluding carboxylic acids is 1. The Hall–Kier alpha value is -3.63. The Bertz CT molecular complexity index is 1510. The third-order valence-corrected chi connectivity index (χ3v) is 7.74. The van der Waals surface area contributed by atoms with Gasteiger partial charge in [0.15, 0.2) is 26.5 Å². The first-order valence-corrected chi connectivity index (χ1v) is 15.0. The molecule has 0 aliphatic carbocycles. The summed E-state index contributed by atoms with van der Waals surface area (Å²) in [6.07, 6.45) is 1.17. The van der Waals surface area contributed by atoms with E-state index in [1.165, 1.54) is 23.7 Å². The number of amides is 1. The van der Waals surface area contributed by atoms with E-state index in [1.807, 2.05) is 51.1 Å². The molecule has 0 saturated carbocycles. The van der Waals surface area contributed by atoms with Crippen molar-refractivity contribution in [2.24, 2.45) is 0 Å². The van der Waals surface area contributed by atoms with Gasteiger partial charge in [-0.05, 0) is 56.7 Å². The van der Waals surface area contributed by atoms with Gasteiger partial charge in [-0.1, -0.05) is 41.7 Å². The summed E-state index contributed by atoms with van der Waals surface area (Å²) in [5, 5.41) is 0.448. The maximum absolute atomic E-state index is 14.1. The maximum atomic E-state index is 14.1. The second-order valence-corrected chi connectivity index (χ2v) is 11.4. The summed E-state index contributed by atoms with van der Waals surface area (Å²) in [6.45, 7) is 7.04. The molecule has 0 N–H and O–H groups in total. The van der Waals surface area contributed by atoms with Crippen LogP contribution in [0.2, 0.25) is 0 Å². The number of rotatable bonds is 11. The van der Waals surface area contributed by atoms with Gasteiger partial charge in [-0.15, -0.1) is 0 Å². The number of nitrogens with zero attached hydrogens (tertiary/aromatic N) is 2. The monoisotopic (exact) mass is 554 g/mol. The lowest BCUT2D eigenvalue weighted by molar-refractivity contribution is 0.0984. The van der Waals surface area contributed by atoms with Gasteiger partial charge >= 0.3 is 0 Å². The molecular formula is C28H30N2O6S2. The molecule has 0 unspecified atom stereocenters. The first-order chi connectivity index (χ1) is 18.2. The smallest absolute Gasteiger partial charge is 0.260 e. The molecule has 1 amide bonds. The summed E-state index contributed by atoms with van der Waals surface area (Å²) in [5.74, 6) is 0.993. The lowest BCUT2D eigenvalue weighted by Gasteiger charge is -2.22. The van der Waals surface area contributed by atoms with Crippen molar-refractivity contribution in [1.29, 1.82) is 0 Å². The molecule has 8 nitrogen and oxygen atoms in total. The molecule has 4 aromatic rings. The van der Waals surface area contributed by atoms with Crippen LogP contribution in [0, 0.1) is 0 Å². The van der Waals surface area contributed by atoms with Crippen molar-refractivity contribution in [2.75, 3.05) is 31.0 Å². The summed E-state index contributed by atoms with van der Waals surface area (Å²) >= 11 is 1.26. The van der Waals surface area contributed by atoms with Crippen LogP contribution in [-0.2, 0) is 16.4 Å². The van der Waals surface area contributed by atoms with Crippen molar-refractivity contribution in [3.05, 3.63) is 71.8 Å². The molecule has 0 fully saturated rings. The number of fused-ring (bicyclic) bond motifs is 1. The third-order valence-electron chi connectivity index (χ3n) is 5.59. The van der Waals surface area contributed by atoms with Crippen LogP contribution in [0.5, 0.6) is 17.2 Å². The van der Waals surface area contributed by atoms with Crippen LogP contribution in [0.3, 0.4) is 0 Å². The van der Waals surface area contributed by atoms with Crippen molar-refractivity contribution >= 4 is 42.4 Å². The van der Waals surface area contributed by atoms with Gasteiger partial charge in [-0.3, -0.25) is 9.69 Å². The molecule has 200 valence electrons. The van der Waals surface area contributed by atoms with Gasteiger partial charge in [0.25, 0.3) is 5.91 Å². The van der Waals surface area contributed by atoms with Gasteiger partial charge in [-0.25, -0.2) is 13.4 Å². The second-order valence-electron chi connectivity index (χ2n) is 8.38. The van der Waals surface area contributed by atoms with E-state index < -0.39 is 9.84 Å². The van der Waals surface area contributed by atoms with Crippen LogP contribution in [0.25, 0.3) is 10.2 Å². The van der Waals surface area contributed by atoms with E-state index in [0.29, 0.717) is 58.0 Å². The fourth-order valence-electron chi connectivity index (χ4n) is 3.90. The number of hydrogen-bond acceptors (Lipinski definition) is 8. The van der Waals surface area contributed by atoms with Gasteiger partial charge in [0.05, 0.1) is 41.5 Å². The number of carbonyl (C=O) groups is 1. The Morgan fingerprint density at radius 2 is 1.53 bits per heavy atom. The second kappa shape index (κ2) is 11.8. The van der Waals surface area contributed by atoms with E-state index in [4.69, 9.17) is 14.2 Å². The molecule has 0 radical (unpaired) electrons. The average Bonchev–Trinajstić information content (AvgIpc) is 3.32. The number of sulfone groups is 1. The van der Waals surface area contributed by atoms with E-state index in [0.717, 1.165) is 5.56 Å².